The molecule has 1 amide bonds. The van der Waals surface area contributed by atoms with E-state index in [1.165, 1.54) is 6.33 Å². The minimum atomic E-state index is -0.0598. The third-order valence-electron chi connectivity index (χ3n) is 5.81. The molecule has 1 N–H and O–H groups in total. The summed E-state index contributed by atoms with van der Waals surface area (Å²) in [6, 6.07) is 0.449. The summed E-state index contributed by atoms with van der Waals surface area (Å²) in [6.45, 7) is 4.60. The molecule has 2 aromatic rings. The quantitative estimate of drug-likeness (QED) is 0.819. The molecule has 3 atom stereocenters. The van der Waals surface area contributed by atoms with Gasteiger partial charge in [0.1, 0.15) is 17.5 Å². The molecule has 0 aromatic carbocycles. The summed E-state index contributed by atoms with van der Waals surface area (Å²) in [6.07, 6.45) is 4.38. The number of fused-ring (bicyclic) bond motifs is 1. The van der Waals surface area contributed by atoms with Crippen molar-refractivity contribution in [2.75, 3.05) is 45.7 Å². The van der Waals surface area contributed by atoms with Crippen LogP contribution in [-0.4, -0.2) is 83.3 Å². The maximum atomic E-state index is 12.9. The number of likely N-dealkylation sites (N-methyl/N-ethyl adjacent to an activating group) is 1. The SMILES string of the molecule is Cc1noc2ncnc(NC[C@@H]3C[C@H](C(=O)N4CCCC(N(C)C)C4)CO3)c12. The number of hydrogen-bond acceptors (Lipinski definition) is 8. The van der Waals surface area contributed by atoms with E-state index < -0.39 is 0 Å². The number of likely N-dealkylation sites (tertiary alicyclic amines) is 1. The average Bonchev–Trinajstić information content (AvgIpc) is 3.33. The predicted octanol–water partition coefficient (Wildman–Crippen LogP) is 1.30. The van der Waals surface area contributed by atoms with Gasteiger partial charge in [0, 0.05) is 25.7 Å². The highest BCUT2D eigenvalue weighted by molar-refractivity contribution is 5.87. The molecule has 28 heavy (non-hydrogen) atoms. The Labute approximate surface area is 164 Å². The molecule has 2 saturated heterocycles. The van der Waals surface area contributed by atoms with Gasteiger partial charge in [0.15, 0.2) is 0 Å². The average molecular weight is 388 g/mol. The second-order valence-corrected chi connectivity index (χ2v) is 7.98. The molecular weight excluding hydrogens is 360 g/mol. The Morgan fingerprint density at radius 1 is 1.39 bits per heavy atom. The fraction of sp³-hybridized carbons (Fsp3) is 0.684. The highest BCUT2D eigenvalue weighted by atomic mass is 16.5. The Morgan fingerprint density at radius 2 is 2.25 bits per heavy atom. The van der Waals surface area contributed by atoms with Crippen molar-refractivity contribution < 1.29 is 14.1 Å². The molecule has 9 heteroatoms. The zero-order valence-electron chi connectivity index (χ0n) is 16.7. The van der Waals surface area contributed by atoms with Crippen molar-refractivity contribution in [1.82, 2.24) is 24.9 Å². The van der Waals surface area contributed by atoms with Crippen molar-refractivity contribution in [2.45, 2.75) is 38.3 Å². The maximum Gasteiger partial charge on any atom is 0.263 e. The van der Waals surface area contributed by atoms with Crippen molar-refractivity contribution in [1.29, 1.82) is 0 Å². The summed E-state index contributed by atoms with van der Waals surface area (Å²) < 4.78 is 11.1. The van der Waals surface area contributed by atoms with Gasteiger partial charge in [0.25, 0.3) is 5.71 Å². The Bertz CT molecular complexity index is 838. The van der Waals surface area contributed by atoms with Crippen LogP contribution >= 0.6 is 0 Å². The summed E-state index contributed by atoms with van der Waals surface area (Å²) in [7, 11) is 4.17. The third kappa shape index (κ3) is 3.81. The molecular formula is C19H28N6O3. The standard InChI is InChI=1S/C19H28N6O3/c1-12-16-17(21-11-22-18(16)28-23-12)20-8-15-7-13(10-27-15)19(26)25-6-4-5-14(9-25)24(2)3/h11,13-15H,4-10H2,1-3H3,(H,20,21,22)/t13-,14?,15-/m0/s1. The summed E-state index contributed by atoms with van der Waals surface area (Å²) >= 11 is 0. The minimum absolute atomic E-state index is 0.0198. The van der Waals surface area contributed by atoms with Crippen LogP contribution in [0.15, 0.2) is 10.9 Å². The van der Waals surface area contributed by atoms with Crippen LogP contribution in [-0.2, 0) is 9.53 Å². The highest BCUT2D eigenvalue weighted by Gasteiger charge is 2.35. The second-order valence-electron chi connectivity index (χ2n) is 7.98. The van der Waals surface area contributed by atoms with E-state index >= 15 is 0 Å². The molecule has 0 bridgehead atoms. The Morgan fingerprint density at radius 3 is 3.07 bits per heavy atom. The molecule has 0 aliphatic carbocycles. The molecule has 4 rings (SSSR count). The first-order valence-corrected chi connectivity index (χ1v) is 9.90. The van der Waals surface area contributed by atoms with Crippen molar-refractivity contribution in [2.24, 2.45) is 5.92 Å². The lowest BCUT2D eigenvalue weighted by molar-refractivity contribution is -0.137. The van der Waals surface area contributed by atoms with Crippen molar-refractivity contribution in [3.8, 4) is 0 Å². The fourth-order valence-electron chi connectivity index (χ4n) is 4.12. The largest absolute Gasteiger partial charge is 0.376 e. The van der Waals surface area contributed by atoms with Crippen molar-refractivity contribution >= 4 is 22.8 Å². The number of carbonyl (C=O) groups is 1. The molecule has 2 aliphatic heterocycles. The summed E-state index contributed by atoms with van der Waals surface area (Å²) in [5, 5.41) is 8.04. The summed E-state index contributed by atoms with van der Waals surface area (Å²) in [5.74, 6) is 0.857. The van der Waals surface area contributed by atoms with Crippen LogP contribution in [0.3, 0.4) is 0 Å². The molecule has 2 aliphatic rings. The van der Waals surface area contributed by atoms with E-state index in [0.29, 0.717) is 30.7 Å². The van der Waals surface area contributed by atoms with E-state index in [2.05, 4.69) is 39.4 Å². The van der Waals surface area contributed by atoms with Crippen LogP contribution in [0.4, 0.5) is 5.82 Å². The van der Waals surface area contributed by atoms with E-state index in [1.54, 1.807) is 0 Å². The number of ether oxygens (including phenoxy) is 1. The van der Waals surface area contributed by atoms with Crippen LogP contribution in [0.2, 0.25) is 0 Å². The van der Waals surface area contributed by atoms with Crippen LogP contribution in [0.25, 0.3) is 11.1 Å². The van der Waals surface area contributed by atoms with Crippen molar-refractivity contribution in [3.05, 3.63) is 12.0 Å². The molecule has 0 radical (unpaired) electrons. The zero-order chi connectivity index (χ0) is 19.7. The van der Waals surface area contributed by atoms with E-state index in [9.17, 15) is 4.79 Å². The van der Waals surface area contributed by atoms with E-state index in [0.717, 1.165) is 43.4 Å². The van der Waals surface area contributed by atoms with Gasteiger partial charge in [-0.25, -0.2) is 4.98 Å². The molecule has 9 nitrogen and oxygen atoms in total. The van der Waals surface area contributed by atoms with Gasteiger partial charge in [-0.2, -0.15) is 4.98 Å². The fourth-order valence-corrected chi connectivity index (χ4v) is 4.12. The molecule has 152 valence electrons. The lowest BCUT2D eigenvalue weighted by Crippen LogP contribution is -2.49. The van der Waals surface area contributed by atoms with Crippen LogP contribution < -0.4 is 5.32 Å². The minimum Gasteiger partial charge on any atom is -0.376 e. The second kappa shape index (κ2) is 8.00. The zero-order valence-corrected chi connectivity index (χ0v) is 16.7. The first-order valence-electron chi connectivity index (χ1n) is 9.90. The van der Waals surface area contributed by atoms with Gasteiger partial charge in [-0.15, -0.1) is 0 Å². The Balaban J connectivity index is 1.33. The van der Waals surface area contributed by atoms with Crippen LogP contribution in [0.5, 0.6) is 0 Å². The normalized spacial score (nSPS) is 25.6. The van der Waals surface area contributed by atoms with Gasteiger partial charge in [0.05, 0.1) is 24.3 Å². The lowest BCUT2D eigenvalue weighted by atomic mass is 9.99. The number of aromatic nitrogens is 3. The predicted molar refractivity (Wildman–Crippen MR) is 104 cm³/mol. The lowest BCUT2D eigenvalue weighted by Gasteiger charge is -2.37. The number of anilines is 1. The van der Waals surface area contributed by atoms with Gasteiger partial charge in [-0.3, -0.25) is 4.79 Å². The number of nitrogens with zero attached hydrogens (tertiary/aromatic N) is 5. The third-order valence-corrected chi connectivity index (χ3v) is 5.81. The number of carbonyl (C=O) groups excluding carboxylic acids is 1. The van der Waals surface area contributed by atoms with Gasteiger partial charge in [0.2, 0.25) is 5.91 Å². The molecule has 0 saturated carbocycles. The van der Waals surface area contributed by atoms with E-state index in [1.807, 2.05) is 11.8 Å². The maximum absolute atomic E-state index is 12.9. The number of hydrogen-bond donors (Lipinski definition) is 1. The highest BCUT2D eigenvalue weighted by Crippen LogP contribution is 2.26. The summed E-state index contributed by atoms with van der Waals surface area (Å²) in [5.41, 5.74) is 1.22. The number of aryl methyl sites for hydroxylation is 1. The molecule has 4 heterocycles. The molecule has 0 spiro atoms. The monoisotopic (exact) mass is 388 g/mol. The van der Waals surface area contributed by atoms with E-state index in [-0.39, 0.29) is 17.9 Å². The van der Waals surface area contributed by atoms with Crippen LogP contribution in [0, 0.1) is 12.8 Å². The topological polar surface area (TPSA) is 96.6 Å². The van der Waals surface area contributed by atoms with Gasteiger partial charge >= 0.3 is 0 Å². The number of rotatable bonds is 5. The first-order chi connectivity index (χ1) is 13.5. The van der Waals surface area contributed by atoms with Gasteiger partial charge in [-0.05, 0) is 40.3 Å². The van der Waals surface area contributed by atoms with Gasteiger partial charge in [-0.1, -0.05) is 5.16 Å². The molecule has 2 aromatic heterocycles. The number of amides is 1. The van der Waals surface area contributed by atoms with Crippen molar-refractivity contribution in [3.63, 3.8) is 0 Å². The van der Waals surface area contributed by atoms with Gasteiger partial charge < -0.3 is 24.4 Å². The van der Waals surface area contributed by atoms with E-state index in [4.69, 9.17) is 9.26 Å². The number of nitrogens with one attached hydrogen (secondary N) is 1. The number of piperidine rings is 1. The van der Waals surface area contributed by atoms with Crippen LogP contribution in [0.1, 0.15) is 25.0 Å². The molecule has 2 fully saturated rings. The Hall–Kier alpha value is -2.26. The molecule has 1 unspecified atom stereocenters. The first kappa shape index (κ1) is 19.1. The summed E-state index contributed by atoms with van der Waals surface area (Å²) in [4.78, 5) is 25.6. The Kier molecular flexibility index (Phi) is 5.45. The smallest absolute Gasteiger partial charge is 0.263 e.